The van der Waals surface area contributed by atoms with Crippen molar-refractivity contribution in [3.63, 3.8) is 0 Å². The Morgan fingerprint density at radius 3 is 2.78 bits per heavy atom. The van der Waals surface area contributed by atoms with Crippen LogP contribution < -0.4 is 21.1 Å². The van der Waals surface area contributed by atoms with Gasteiger partial charge in [-0.2, -0.15) is 15.1 Å². The highest BCUT2D eigenvalue weighted by Crippen LogP contribution is 2.38. The molecule has 1 aliphatic carbocycles. The summed E-state index contributed by atoms with van der Waals surface area (Å²) in [5.41, 5.74) is 9.53. The zero-order chi connectivity index (χ0) is 25.2. The van der Waals surface area contributed by atoms with Crippen LogP contribution in [0.15, 0.2) is 28.9 Å². The van der Waals surface area contributed by atoms with Gasteiger partial charge < -0.3 is 30.4 Å². The van der Waals surface area contributed by atoms with Crippen LogP contribution in [0.2, 0.25) is 0 Å². The van der Waals surface area contributed by atoms with E-state index in [0.717, 1.165) is 62.3 Å². The number of benzene rings is 1. The molecule has 4 N–H and O–H groups in total. The summed E-state index contributed by atoms with van der Waals surface area (Å²) >= 11 is 0. The van der Waals surface area contributed by atoms with Crippen molar-refractivity contribution >= 4 is 22.8 Å². The molecular formula is C25H31N9O3. The summed E-state index contributed by atoms with van der Waals surface area (Å²) in [6.45, 7) is 3.26. The molecule has 1 saturated carbocycles. The van der Waals surface area contributed by atoms with Crippen molar-refractivity contribution in [3.05, 3.63) is 47.2 Å². The fourth-order valence-corrected chi connectivity index (χ4v) is 4.61. The smallest absolute Gasteiger partial charge is 0.229 e. The number of nitrogens with zero attached hydrogens (tertiary/aromatic N) is 6. The first-order valence-electron chi connectivity index (χ1n) is 12.7. The van der Waals surface area contributed by atoms with Crippen molar-refractivity contribution in [2.24, 2.45) is 0 Å². The average molecular weight is 506 g/mol. The van der Waals surface area contributed by atoms with Crippen LogP contribution >= 0.6 is 0 Å². The molecule has 2 fully saturated rings. The van der Waals surface area contributed by atoms with Gasteiger partial charge in [-0.3, -0.25) is 4.68 Å². The largest absolute Gasteiger partial charge is 0.496 e. The molecule has 0 atom stereocenters. The van der Waals surface area contributed by atoms with Gasteiger partial charge in [0, 0.05) is 37.3 Å². The number of fused-ring (bicyclic) bond motifs is 1. The van der Waals surface area contributed by atoms with E-state index in [2.05, 4.69) is 54.0 Å². The van der Waals surface area contributed by atoms with Gasteiger partial charge in [-0.15, -0.1) is 0 Å². The zero-order valence-corrected chi connectivity index (χ0v) is 20.8. The lowest BCUT2D eigenvalue weighted by Crippen LogP contribution is -2.34. The maximum Gasteiger partial charge on any atom is 0.229 e. The fourth-order valence-electron chi connectivity index (χ4n) is 4.61. The molecule has 194 valence electrons. The quantitative estimate of drug-likeness (QED) is 0.292. The highest BCUT2D eigenvalue weighted by molar-refractivity contribution is 5.86. The summed E-state index contributed by atoms with van der Waals surface area (Å²) in [6, 6.07) is 6.77. The summed E-state index contributed by atoms with van der Waals surface area (Å²) in [7, 11) is 1.69. The van der Waals surface area contributed by atoms with Crippen molar-refractivity contribution in [3.8, 4) is 5.75 Å². The van der Waals surface area contributed by atoms with Crippen LogP contribution in [0.3, 0.4) is 0 Å². The van der Waals surface area contributed by atoms with E-state index in [9.17, 15) is 0 Å². The summed E-state index contributed by atoms with van der Waals surface area (Å²) in [6.07, 6.45) is 5.98. The van der Waals surface area contributed by atoms with Gasteiger partial charge in [0.25, 0.3) is 0 Å². The lowest BCUT2D eigenvalue weighted by atomic mass is 10.1. The standard InChI is InChI=1S/C25H31N9O3/c1-35-20-10-15(11-27-18-6-8-36-9-7-18)2-3-17(20)14-34-22-19(12-29-34)30-25(26)32-23(22)28-13-21-31-24(37-33-21)16-4-5-16/h2-3,10,12,16,18,27H,4-9,11,13-14H2,1H3,(H3,26,28,30,32). The molecule has 12 heteroatoms. The molecule has 0 bridgehead atoms. The number of nitrogens with one attached hydrogen (secondary N) is 2. The Hall–Kier alpha value is -3.77. The van der Waals surface area contributed by atoms with Crippen molar-refractivity contribution in [2.75, 3.05) is 31.4 Å². The molecule has 1 aromatic carbocycles. The summed E-state index contributed by atoms with van der Waals surface area (Å²) in [5.74, 6) is 3.22. The Morgan fingerprint density at radius 1 is 1.11 bits per heavy atom. The molecule has 0 radical (unpaired) electrons. The lowest BCUT2D eigenvalue weighted by Gasteiger charge is -2.23. The second-order valence-corrected chi connectivity index (χ2v) is 9.56. The van der Waals surface area contributed by atoms with Crippen LogP contribution in [0, 0.1) is 0 Å². The zero-order valence-electron chi connectivity index (χ0n) is 20.8. The van der Waals surface area contributed by atoms with Crippen LogP contribution in [-0.2, 0) is 24.4 Å². The van der Waals surface area contributed by atoms with Crippen LogP contribution in [0.1, 0.15) is 54.4 Å². The number of aromatic nitrogens is 6. The van der Waals surface area contributed by atoms with Crippen molar-refractivity contribution in [1.82, 2.24) is 35.2 Å². The third-order valence-electron chi connectivity index (χ3n) is 6.82. The van der Waals surface area contributed by atoms with Gasteiger partial charge in [0.05, 0.1) is 26.4 Å². The van der Waals surface area contributed by atoms with E-state index in [4.69, 9.17) is 19.7 Å². The first-order chi connectivity index (χ1) is 18.2. The topological polar surface area (TPSA) is 151 Å². The van der Waals surface area contributed by atoms with E-state index >= 15 is 0 Å². The Morgan fingerprint density at radius 2 is 1.97 bits per heavy atom. The number of hydrogen-bond acceptors (Lipinski definition) is 11. The van der Waals surface area contributed by atoms with Gasteiger partial charge in [0.2, 0.25) is 11.8 Å². The van der Waals surface area contributed by atoms with Gasteiger partial charge in [0.15, 0.2) is 11.6 Å². The highest BCUT2D eigenvalue weighted by atomic mass is 16.5. The van der Waals surface area contributed by atoms with E-state index in [1.807, 2.05) is 4.68 Å². The van der Waals surface area contributed by atoms with E-state index < -0.39 is 0 Å². The number of ether oxygens (including phenoxy) is 2. The third kappa shape index (κ3) is 5.35. The molecule has 12 nitrogen and oxygen atoms in total. The van der Waals surface area contributed by atoms with E-state index in [1.165, 1.54) is 5.56 Å². The molecule has 0 amide bonds. The number of nitrogens with two attached hydrogens (primary N) is 1. The average Bonchev–Trinajstić information content (AvgIpc) is 3.53. The predicted molar refractivity (Wildman–Crippen MR) is 136 cm³/mol. The SMILES string of the molecule is COc1cc(CNC2CCOCC2)ccc1Cn1ncc2nc(N)nc(NCc3noc(C4CC4)n3)c21. The lowest BCUT2D eigenvalue weighted by molar-refractivity contribution is 0.0776. The second kappa shape index (κ2) is 10.3. The predicted octanol–water partition coefficient (Wildman–Crippen LogP) is 2.61. The van der Waals surface area contributed by atoms with E-state index in [1.54, 1.807) is 13.3 Å². The second-order valence-electron chi connectivity index (χ2n) is 9.56. The van der Waals surface area contributed by atoms with Crippen molar-refractivity contribution in [1.29, 1.82) is 0 Å². The number of anilines is 2. The van der Waals surface area contributed by atoms with E-state index in [-0.39, 0.29) is 5.95 Å². The van der Waals surface area contributed by atoms with Crippen LogP contribution in [-0.4, -0.2) is 56.3 Å². The monoisotopic (exact) mass is 505 g/mol. The summed E-state index contributed by atoms with van der Waals surface area (Å²) < 4.78 is 18.4. The highest BCUT2D eigenvalue weighted by Gasteiger charge is 2.29. The van der Waals surface area contributed by atoms with Crippen molar-refractivity contribution < 1.29 is 14.0 Å². The Kier molecular flexibility index (Phi) is 6.58. The molecule has 37 heavy (non-hydrogen) atoms. The normalized spacial score (nSPS) is 16.4. The maximum absolute atomic E-state index is 5.97. The minimum absolute atomic E-state index is 0.167. The first-order valence-corrected chi connectivity index (χ1v) is 12.7. The van der Waals surface area contributed by atoms with Gasteiger partial charge in [-0.25, -0.2) is 4.98 Å². The fraction of sp³-hybridized carbons (Fsp3) is 0.480. The molecule has 3 aromatic heterocycles. The van der Waals surface area contributed by atoms with Gasteiger partial charge in [-0.05, 0) is 37.3 Å². The molecule has 1 saturated heterocycles. The van der Waals surface area contributed by atoms with Gasteiger partial charge in [0.1, 0.15) is 16.8 Å². The Bertz CT molecular complexity index is 1380. The summed E-state index contributed by atoms with van der Waals surface area (Å²) in [4.78, 5) is 13.3. The van der Waals surface area contributed by atoms with Crippen molar-refractivity contribution in [2.45, 2.75) is 57.3 Å². The molecule has 1 aliphatic heterocycles. The Labute approximate surface area is 213 Å². The molecule has 4 heterocycles. The van der Waals surface area contributed by atoms with E-state index in [0.29, 0.717) is 48.1 Å². The number of methoxy groups -OCH3 is 1. The third-order valence-corrected chi connectivity index (χ3v) is 6.82. The number of hydrogen-bond donors (Lipinski definition) is 3. The molecule has 4 aromatic rings. The molecule has 0 unspecified atom stereocenters. The Balaban J connectivity index is 1.19. The summed E-state index contributed by atoms with van der Waals surface area (Å²) in [5, 5.41) is 15.6. The minimum Gasteiger partial charge on any atom is -0.496 e. The first kappa shape index (κ1) is 23.6. The maximum atomic E-state index is 5.97. The van der Waals surface area contributed by atoms with Crippen LogP contribution in [0.4, 0.5) is 11.8 Å². The van der Waals surface area contributed by atoms with Gasteiger partial charge in [-0.1, -0.05) is 17.3 Å². The minimum atomic E-state index is 0.167. The van der Waals surface area contributed by atoms with Gasteiger partial charge >= 0.3 is 0 Å². The number of rotatable bonds is 10. The molecular weight excluding hydrogens is 474 g/mol. The molecule has 6 rings (SSSR count). The molecule has 0 spiro atoms. The van der Waals surface area contributed by atoms with Crippen LogP contribution in [0.25, 0.3) is 11.0 Å². The van der Waals surface area contributed by atoms with Crippen LogP contribution in [0.5, 0.6) is 5.75 Å². The molecule has 2 aliphatic rings. The number of nitrogen functional groups attached to an aromatic ring is 1.